The summed E-state index contributed by atoms with van der Waals surface area (Å²) in [4.78, 5) is 6.37. The molecule has 0 saturated carbocycles. The van der Waals surface area contributed by atoms with Crippen LogP contribution in [-0.4, -0.2) is 54.8 Å². The van der Waals surface area contributed by atoms with Crippen molar-refractivity contribution in [3.8, 4) is 11.5 Å². The topological polar surface area (TPSA) is 27.7 Å². The molecule has 1 N–H and O–H groups in total. The van der Waals surface area contributed by atoms with Gasteiger partial charge < -0.3 is 10.1 Å². The zero-order valence-electron chi connectivity index (χ0n) is 18.3. The fourth-order valence-electron chi connectivity index (χ4n) is 3.70. The van der Waals surface area contributed by atoms with E-state index in [0.29, 0.717) is 6.04 Å². The van der Waals surface area contributed by atoms with Gasteiger partial charge in [-0.15, -0.1) is 11.8 Å². The molecule has 0 amide bonds. The Kier molecular flexibility index (Phi) is 8.42. The number of thioether (sulfide) groups is 1. The number of hydrogen-bond donors (Lipinski definition) is 1. The van der Waals surface area contributed by atoms with Crippen molar-refractivity contribution in [3.63, 3.8) is 0 Å². The number of piperazine rings is 1. The molecule has 0 aliphatic carbocycles. The molecule has 0 atom stereocenters. The van der Waals surface area contributed by atoms with Crippen molar-refractivity contribution in [2.45, 2.75) is 44.8 Å². The predicted molar refractivity (Wildman–Crippen MR) is 124 cm³/mol. The SMILES string of the molecule is CCNCc1cc(CN2CCN(C(C)C)CC2)ccc1Oc1ccc(SC)cc1. The summed E-state index contributed by atoms with van der Waals surface area (Å²) >= 11 is 1.74. The number of nitrogens with one attached hydrogen (secondary N) is 1. The molecule has 0 unspecified atom stereocenters. The fourth-order valence-corrected chi connectivity index (χ4v) is 4.10. The normalized spacial score (nSPS) is 15.8. The van der Waals surface area contributed by atoms with Gasteiger partial charge in [-0.2, -0.15) is 0 Å². The summed E-state index contributed by atoms with van der Waals surface area (Å²) in [6.07, 6.45) is 2.09. The maximum absolute atomic E-state index is 6.22. The van der Waals surface area contributed by atoms with Crippen molar-refractivity contribution in [2.75, 3.05) is 39.0 Å². The molecule has 2 aromatic rings. The minimum Gasteiger partial charge on any atom is -0.457 e. The van der Waals surface area contributed by atoms with Crippen molar-refractivity contribution in [1.29, 1.82) is 0 Å². The van der Waals surface area contributed by atoms with Crippen molar-refractivity contribution in [1.82, 2.24) is 15.1 Å². The van der Waals surface area contributed by atoms with Crippen molar-refractivity contribution in [3.05, 3.63) is 53.6 Å². The van der Waals surface area contributed by atoms with Gasteiger partial charge in [-0.25, -0.2) is 0 Å². The molecule has 0 bridgehead atoms. The minimum atomic E-state index is 0.644. The summed E-state index contributed by atoms with van der Waals surface area (Å²) in [5.41, 5.74) is 2.58. The third kappa shape index (κ3) is 6.48. The second kappa shape index (κ2) is 11.0. The van der Waals surface area contributed by atoms with E-state index in [-0.39, 0.29) is 0 Å². The lowest BCUT2D eigenvalue weighted by Crippen LogP contribution is -2.48. The quantitative estimate of drug-likeness (QED) is 0.594. The summed E-state index contributed by atoms with van der Waals surface area (Å²) in [7, 11) is 0. The van der Waals surface area contributed by atoms with E-state index in [9.17, 15) is 0 Å². The molecule has 1 aliphatic rings. The van der Waals surface area contributed by atoms with Crippen LogP contribution in [0, 0.1) is 0 Å². The van der Waals surface area contributed by atoms with Crippen LogP contribution in [0.2, 0.25) is 0 Å². The van der Waals surface area contributed by atoms with Gasteiger partial charge in [0.25, 0.3) is 0 Å². The monoisotopic (exact) mass is 413 g/mol. The maximum atomic E-state index is 6.22. The molecule has 1 fully saturated rings. The van der Waals surface area contributed by atoms with Crippen molar-refractivity contribution in [2.24, 2.45) is 0 Å². The summed E-state index contributed by atoms with van der Waals surface area (Å²) in [5, 5.41) is 3.45. The van der Waals surface area contributed by atoms with E-state index in [0.717, 1.165) is 57.3 Å². The number of benzene rings is 2. The van der Waals surface area contributed by atoms with Crippen LogP contribution < -0.4 is 10.1 Å². The van der Waals surface area contributed by atoms with Crippen LogP contribution in [0.4, 0.5) is 0 Å². The average molecular weight is 414 g/mol. The molecule has 2 aromatic carbocycles. The molecule has 5 heteroatoms. The number of hydrogen-bond acceptors (Lipinski definition) is 5. The van der Waals surface area contributed by atoms with Crippen LogP contribution in [0.25, 0.3) is 0 Å². The molecule has 0 radical (unpaired) electrons. The van der Waals surface area contributed by atoms with Gasteiger partial charge in [-0.05, 0) is 68.6 Å². The van der Waals surface area contributed by atoms with Gasteiger partial charge in [0, 0.05) is 55.8 Å². The molecule has 3 rings (SSSR count). The molecule has 158 valence electrons. The summed E-state index contributed by atoms with van der Waals surface area (Å²) < 4.78 is 6.22. The Labute approximate surface area is 180 Å². The first-order chi connectivity index (χ1) is 14.1. The second-order valence-electron chi connectivity index (χ2n) is 7.91. The molecule has 29 heavy (non-hydrogen) atoms. The summed E-state index contributed by atoms with van der Waals surface area (Å²) in [6.45, 7) is 14.1. The highest BCUT2D eigenvalue weighted by Gasteiger charge is 2.19. The van der Waals surface area contributed by atoms with E-state index in [1.807, 2.05) is 12.1 Å². The van der Waals surface area contributed by atoms with E-state index in [1.165, 1.54) is 16.0 Å². The third-order valence-corrected chi connectivity index (χ3v) is 6.26. The molecule has 4 nitrogen and oxygen atoms in total. The van der Waals surface area contributed by atoms with Crippen LogP contribution >= 0.6 is 11.8 Å². The highest BCUT2D eigenvalue weighted by atomic mass is 32.2. The first-order valence-electron chi connectivity index (χ1n) is 10.7. The molecule has 0 aromatic heterocycles. The van der Waals surface area contributed by atoms with Gasteiger partial charge >= 0.3 is 0 Å². The predicted octanol–water partition coefficient (Wildman–Crippen LogP) is 4.84. The van der Waals surface area contributed by atoms with Crippen LogP contribution in [-0.2, 0) is 13.1 Å². The number of nitrogens with zero attached hydrogens (tertiary/aromatic N) is 2. The summed E-state index contributed by atoms with van der Waals surface area (Å²) in [6, 6.07) is 15.6. The maximum Gasteiger partial charge on any atom is 0.131 e. The molecular weight excluding hydrogens is 378 g/mol. The molecule has 1 heterocycles. The Hall–Kier alpha value is -1.53. The largest absolute Gasteiger partial charge is 0.457 e. The van der Waals surface area contributed by atoms with Crippen molar-refractivity contribution < 1.29 is 4.74 Å². The van der Waals surface area contributed by atoms with Gasteiger partial charge in [-0.1, -0.05) is 13.0 Å². The minimum absolute atomic E-state index is 0.644. The lowest BCUT2D eigenvalue weighted by molar-refractivity contribution is 0.104. The lowest BCUT2D eigenvalue weighted by atomic mass is 10.1. The Morgan fingerprint density at radius 1 is 1.03 bits per heavy atom. The average Bonchev–Trinajstić information content (AvgIpc) is 2.74. The summed E-state index contributed by atoms with van der Waals surface area (Å²) in [5.74, 6) is 1.83. The molecule has 1 saturated heterocycles. The van der Waals surface area contributed by atoms with Gasteiger partial charge in [0.2, 0.25) is 0 Å². The van der Waals surface area contributed by atoms with Gasteiger partial charge in [0.05, 0.1) is 0 Å². The van der Waals surface area contributed by atoms with E-state index in [2.05, 4.69) is 72.5 Å². The first kappa shape index (κ1) is 22.2. The smallest absolute Gasteiger partial charge is 0.131 e. The molecule has 1 aliphatic heterocycles. The van der Waals surface area contributed by atoms with Crippen LogP contribution in [0.15, 0.2) is 47.4 Å². The van der Waals surface area contributed by atoms with Gasteiger partial charge in [0.1, 0.15) is 11.5 Å². The van der Waals surface area contributed by atoms with E-state index in [1.54, 1.807) is 11.8 Å². The lowest BCUT2D eigenvalue weighted by Gasteiger charge is -2.37. The van der Waals surface area contributed by atoms with E-state index >= 15 is 0 Å². The number of ether oxygens (including phenoxy) is 1. The van der Waals surface area contributed by atoms with E-state index in [4.69, 9.17) is 4.74 Å². The van der Waals surface area contributed by atoms with Crippen LogP contribution in [0.5, 0.6) is 11.5 Å². The highest BCUT2D eigenvalue weighted by Crippen LogP contribution is 2.28. The zero-order chi connectivity index (χ0) is 20.6. The van der Waals surface area contributed by atoms with Crippen molar-refractivity contribution >= 4 is 11.8 Å². The van der Waals surface area contributed by atoms with Crippen LogP contribution in [0.1, 0.15) is 31.9 Å². The molecular formula is C24H35N3OS. The van der Waals surface area contributed by atoms with Gasteiger partial charge in [-0.3, -0.25) is 9.80 Å². The zero-order valence-corrected chi connectivity index (χ0v) is 19.1. The Bertz CT molecular complexity index is 755. The first-order valence-corrected chi connectivity index (χ1v) is 11.9. The van der Waals surface area contributed by atoms with Crippen LogP contribution in [0.3, 0.4) is 0 Å². The van der Waals surface area contributed by atoms with E-state index < -0.39 is 0 Å². The fraction of sp³-hybridized carbons (Fsp3) is 0.500. The third-order valence-electron chi connectivity index (χ3n) is 5.52. The Balaban J connectivity index is 1.68. The second-order valence-corrected chi connectivity index (χ2v) is 8.79. The number of rotatable bonds is 9. The Morgan fingerprint density at radius 3 is 2.38 bits per heavy atom. The molecule has 0 spiro atoms. The standard InChI is InChI=1S/C24H35N3OS/c1-5-25-17-21-16-20(18-26-12-14-27(15-13-26)19(2)3)6-11-24(21)28-22-7-9-23(29-4)10-8-22/h6-11,16,19,25H,5,12-15,17-18H2,1-4H3. The Morgan fingerprint density at radius 2 is 1.76 bits per heavy atom. The highest BCUT2D eigenvalue weighted by molar-refractivity contribution is 7.98. The van der Waals surface area contributed by atoms with Gasteiger partial charge in [0.15, 0.2) is 0 Å².